The largest absolute Gasteiger partial charge is 0.507 e. The Balaban J connectivity index is 1.35. The van der Waals surface area contributed by atoms with E-state index in [0.29, 0.717) is 29.1 Å². The van der Waals surface area contributed by atoms with Gasteiger partial charge in [-0.1, -0.05) is 12.1 Å². The molecular formula is C23H19FN2O2S2. The fraction of sp³-hybridized carbons (Fsp3) is 0.130. The third-order valence-electron chi connectivity index (χ3n) is 4.44. The highest BCUT2D eigenvalue weighted by atomic mass is 32.2. The van der Waals surface area contributed by atoms with E-state index in [1.165, 1.54) is 23.5 Å². The Morgan fingerprint density at radius 3 is 2.70 bits per heavy atom. The number of nitrogens with one attached hydrogen (secondary N) is 1. The summed E-state index contributed by atoms with van der Waals surface area (Å²) in [6, 6.07) is 19.1. The molecule has 30 heavy (non-hydrogen) atoms. The molecule has 4 nitrogen and oxygen atoms in total. The molecular weight excluding hydrogens is 419 g/mol. The average molecular weight is 439 g/mol. The van der Waals surface area contributed by atoms with Crippen LogP contribution >= 0.6 is 23.1 Å². The first kappa shape index (κ1) is 20.4. The molecule has 0 radical (unpaired) electrons. The van der Waals surface area contributed by atoms with Gasteiger partial charge in [-0.3, -0.25) is 4.79 Å². The number of nitrogens with zero attached hydrogens (tertiary/aromatic N) is 1. The Morgan fingerprint density at radius 1 is 1.10 bits per heavy atom. The molecule has 0 aliphatic carbocycles. The number of phenolic OH excluding ortho intramolecular Hbond substituents is 1. The summed E-state index contributed by atoms with van der Waals surface area (Å²) >= 11 is 3.09. The highest BCUT2D eigenvalue weighted by molar-refractivity contribution is 7.99. The van der Waals surface area contributed by atoms with E-state index >= 15 is 0 Å². The number of rotatable bonds is 7. The highest BCUT2D eigenvalue weighted by Crippen LogP contribution is 2.36. The number of aromatic hydroxyl groups is 1. The van der Waals surface area contributed by atoms with Gasteiger partial charge in [0, 0.05) is 17.0 Å². The minimum atomic E-state index is -0.252. The lowest BCUT2D eigenvalue weighted by Gasteiger charge is -2.08. The molecule has 3 aromatic carbocycles. The van der Waals surface area contributed by atoms with E-state index in [1.54, 1.807) is 42.1 Å². The highest BCUT2D eigenvalue weighted by Gasteiger charge is 2.12. The van der Waals surface area contributed by atoms with Crippen molar-refractivity contribution in [3.05, 3.63) is 72.5 Å². The number of carbonyl (C=O) groups excluding carboxylic acids is 1. The predicted molar refractivity (Wildman–Crippen MR) is 122 cm³/mol. The van der Waals surface area contributed by atoms with Gasteiger partial charge in [-0.25, -0.2) is 9.37 Å². The molecule has 0 saturated carbocycles. The van der Waals surface area contributed by atoms with E-state index in [2.05, 4.69) is 10.3 Å². The zero-order chi connectivity index (χ0) is 20.9. The van der Waals surface area contributed by atoms with Crippen LogP contribution in [-0.2, 0) is 4.79 Å². The number of amides is 1. The fourth-order valence-corrected chi connectivity index (χ4v) is 4.79. The molecule has 4 rings (SSSR count). The molecule has 4 aromatic rings. The van der Waals surface area contributed by atoms with Crippen molar-refractivity contribution in [3.8, 4) is 16.3 Å². The second-order valence-corrected chi connectivity index (χ2v) is 8.87. The Morgan fingerprint density at radius 2 is 1.90 bits per heavy atom. The molecule has 1 heterocycles. The lowest BCUT2D eigenvalue weighted by Crippen LogP contribution is -2.11. The number of hydrogen-bond donors (Lipinski definition) is 2. The number of thiazole rings is 1. The molecule has 1 amide bonds. The van der Waals surface area contributed by atoms with Crippen molar-refractivity contribution in [1.29, 1.82) is 0 Å². The van der Waals surface area contributed by atoms with Crippen LogP contribution < -0.4 is 5.32 Å². The number of thioether (sulfide) groups is 1. The van der Waals surface area contributed by atoms with Gasteiger partial charge in [0.25, 0.3) is 0 Å². The Hall–Kier alpha value is -2.90. The van der Waals surface area contributed by atoms with Crippen LogP contribution in [0.4, 0.5) is 10.1 Å². The van der Waals surface area contributed by atoms with Crippen LogP contribution in [0.25, 0.3) is 20.8 Å². The third-order valence-corrected chi connectivity index (χ3v) is 6.60. The molecule has 0 saturated heterocycles. The third kappa shape index (κ3) is 4.98. The summed E-state index contributed by atoms with van der Waals surface area (Å²) in [4.78, 5) is 17.9. The Kier molecular flexibility index (Phi) is 6.30. The number of aromatic nitrogens is 1. The van der Waals surface area contributed by atoms with Crippen LogP contribution in [0.5, 0.6) is 5.75 Å². The summed E-state index contributed by atoms with van der Waals surface area (Å²) in [7, 11) is 0. The van der Waals surface area contributed by atoms with Gasteiger partial charge in [-0.05, 0) is 66.8 Å². The first-order chi connectivity index (χ1) is 14.6. The average Bonchev–Trinajstić information content (AvgIpc) is 3.18. The van der Waals surface area contributed by atoms with E-state index in [4.69, 9.17) is 0 Å². The first-order valence-corrected chi connectivity index (χ1v) is 11.3. The van der Waals surface area contributed by atoms with Crippen LogP contribution in [0.1, 0.15) is 12.8 Å². The second-order valence-electron chi connectivity index (χ2n) is 6.67. The summed E-state index contributed by atoms with van der Waals surface area (Å²) in [6.45, 7) is 0. The minimum Gasteiger partial charge on any atom is -0.507 e. The van der Waals surface area contributed by atoms with Crippen molar-refractivity contribution in [2.45, 2.75) is 17.7 Å². The van der Waals surface area contributed by atoms with Crippen molar-refractivity contribution < 1.29 is 14.3 Å². The molecule has 152 valence electrons. The first-order valence-electron chi connectivity index (χ1n) is 9.46. The maximum absolute atomic E-state index is 12.9. The van der Waals surface area contributed by atoms with Crippen LogP contribution in [-0.4, -0.2) is 21.8 Å². The molecule has 2 N–H and O–H groups in total. The molecule has 7 heteroatoms. The van der Waals surface area contributed by atoms with Crippen LogP contribution in [0.15, 0.2) is 71.6 Å². The Bertz CT molecular complexity index is 1140. The molecule has 0 aliphatic heterocycles. The molecule has 0 spiro atoms. The number of hydrogen-bond acceptors (Lipinski definition) is 5. The fourth-order valence-electron chi connectivity index (χ4n) is 2.95. The van der Waals surface area contributed by atoms with Crippen molar-refractivity contribution in [2.24, 2.45) is 0 Å². The smallest absolute Gasteiger partial charge is 0.224 e. The maximum Gasteiger partial charge on any atom is 0.224 e. The summed E-state index contributed by atoms with van der Waals surface area (Å²) in [6.07, 6.45) is 1.09. The number of para-hydroxylation sites is 1. The molecule has 0 aliphatic rings. The quantitative estimate of drug-likeness (QED) is 0.201. The lowest BCUT2D eigenvalue weighted by atomic mass is 10.1. The SMILES string of the molecule is O=C(CCCSc1ccc(F)cc1)Nc1ccc(O)c(-c2nc3ccccc3s2)c1. The van der Waals surface area contributed by atoms with Gasteiger partial charge in [-0.2, -0.15) is 0 Å². The van der Waals surface area contributed by atoms with Gasteiger partial charge in [0.1, 0.15) is 16.6 Å². The molecule has 0 atom stereocenters. The van der Waals surface area contributed by atoms with Gasteiger partial charge < -0.3 is 10.4 Å². The predicted octanol–water partition coefficient (Wildman–Crippen LogP) is 6.32. The summed E-state index contributed by atoms with van der Waals surface area (Å²) in [5, 5.41) is 13.9. The van der Waals surface area contributed by atoms with Crippen molar-refractivity contribution in [1.82, 2.24) is 4.98 Å². The molecule has 1 aromatic heterocycles. The monoisotopic (exact) mass is 438 g/mol. The molecule has 0 fully saturated rings. The topological polar surface area (TPSA) is 62.2 Å². The van der Waals surface area contributed by atoms with E-state index in [0.717, 1.165) is 20.9 Å². The van der Waals surface area contributed by atoms with Crippen LogP contribution in [0.3, 0.4) is 0 Å². The summed E-state index contributed by atoms with van der Waals surface area (Å²) in [5.41, 5.74) is 2.10. The normalized spacial score (nSPS) is 11.0. The van der Waals surface area contributed by atoms with Crippen molar-refractivity contribution >= 4 is 44.9 Å². The van der Waals surface area contributed by atoms with E-state index < -0.39 is 0 Å². The van der Waals surface area contributed by atoms with E-state index in [9.17, 15) is 14.3 Å². The number of carbonyl (C=O) groups is 1. The maximum atomic E-state index is 12.9. The zero-order valence-electron chi connectivity index (χ0n) is 16.0. The second kappa shape index (κ2) is 9.28. The number of fused-ring (bicyclic) bond motifs is 1. The summed E-state index contributed by atoms with van der Waals surface area (Å²) < 4.78 is 14.0. The number of anilines is 1. The number of phenols is 1. The summed E-state index contributed by atoms with van der Waals surface area (Å²) in [5.74, 6) is 0.558. The van der Waals surface area contributed by atoms with Crippen molar-refractivity contribution in [2.75, 3.05) is 11.1 Å². The number of benzene rings is 3. The van der Waals surface area contributed by atoms with Crippen LogP contribution in [0.2, 0.25) is 0 Å². The van der Waals surface area contributed by atoms with Gasteiger partial charge in [0.2, 0.25) is 5.91 Å². The standard InChI is InChI=1S/C23H19FN2O2S2/c24-15-7-10-17(11-8-15)29-13-3-6-22(28)25-16-9-12-20(27)18(14-16)23-26-19-4-1-2-5-21(19)30-23/h1-2,4-5,7-12,14,27H,3,6,13H2,(H,25,28). The minimum absolute atomic E-state index is 0.0874. The van der Waals surface area contributed by atoms with Gasteiger partial charge in [0.05, 0.1) is 15.8 Å². The van der Waals surface area contributed by atoms with Gasteiger partial charge >= 0.3 is 0 Å². The lowest BCUT2D eigenvalue weighted by molar-refractivity contribution is -0.116. The van der Waals surface area contributed by atoms with Gasteiger partial charge in [-0.15, -0.1) is 23.1 Å². The molecule has 0 bridgehead atoms. The van der Waals surface area contributed by atoms with Gasteiger partial charge in [0.15, 0.2) is 0 Å². The van der Waals surface area contributed by atoms with E-state index in [1.807, 2.05) is 24.3 Å². The van der Waals surface area contributed by atoms with Crippen molar-refractivity contribution in [3.63, 3.8) is 0 Å². The van der Waals surface area contributed by atoms with Crippen LogP contribution in [0, 0.1) is 5.82 Å². The molecule has 0 unspecified atom stereocenters. The zero-order valence-corrected chi connectivity index (χ0v) is 17.6. The Labute approximate surface area is 181 Å². The number of halogens is 1. The van der Waals surface area contributed by atoms with E-state index in [-0.39, 0.29) is 17.5 Å².